The number of carbonyl (C=O) groups is 1. The van der Waals surface area contributed by atoms with Crippen LogP contribution in [0.4, 0.5) is 17.1 Å². The number of azo groups is 1. The first kappa shape index (κ1) is 17.8. The predicted molar refractivity (Wildman–Crippen MR) is 106 cm³/mol. The monoisotopic (exact) mass is 362 g/mol. The molecular weight excluding hydrogens is 344 g/mol. The molecule has 0 spiro atoms. The molecule has 0 radical (unpaired) electrons. The zero-order valence-electron chi connectivity index (χ0n) is 14.1. The van der Waals surface area contributed by atoms with Crippen LogP contribution < -0.4 is 5.32 Å². The van der Waals surface area contributed by atoms with E-state index >= 15 is 0 Å². The van der Waals surface area contributed by atoms with Crippen LogP contribution in [-0.4, -0.2) is 16.6 Å². The summed E-state index contributed by atoms with van der Waals surface area (Å²) in [5.74, 6) is 1.13. The van der Waals surface area contributed by atoms with E-state index in [4.69, 9.17) is 0 Å². The summed E-state index contributed by atoms with van der Waals surface area (Å²) >= 11 is 1.56. The fraction of sp³-hybridized carbons (Fsp3) is 0.100. The highest BCUT2D eigenvalue weighted by atomic mass is 32.2. The molecule has 6 heteroatoms. The van der Waals surface area contributed by atoms with Crippen LogP contribution in [0, 0.1) is 0 Å². The maximum absolute atomic E-state index is 12.0. The molecule has 3 aromatic rings. The summed E-state index contributed by atoms with van der Waals surface area (Å²) in [7, 11) is 0. The number of hydrogen-bond acceptors (Lipinski definition) is 5. The first-order valence-corrected chi connectivity index (χ1v) is 9.28. The Labute approximate surface area is 156 Å². The number of hydrogen-bond donors (Lipinski definition) is 1. The van der Waals surface area contributed by atoms with Crippen molar-refractivity contribution in [1.29, 1.82) is 0 Å². The molecule has 1 aromatic heterocycles. The molecule has 0 unspecified atom stereocenters. The average molecular weight is 362 g/mol. The molecule has 0 saturated heterocycles. The van der Waals surface area contributed by atoms with Crippen molar-refractivity contribution in [3.8, 4) is 0 Å². The highest BCUT2D eigenvalue weighted by Crippen LogP contribution is 2.20. The second-order valence-corrected chi connectivity index (χ2v) is 6.47. The van der Waals surface area contributed by atoms with Crippen molar-refractivity contribution < 1.29 is 4.79 Å². The van der Waals surface area contributed by atoms with E-state index in [1.165, 1.54) is 0 Å². The van der Waals surface area contributed by atoms with Crippen molar-refractivity contribution in [2.75, 3.05) is 11.1 Å². The zero-order valence-corrected chi connectivity index (χ0v) is 14.9. The fourth-order valence-electron chi connectivity index (χ4n) is 2.16. The summed E-state index contributed by atoms with van der Waals surface area (Å²) in [6.45, 7) is 0. The minimum atomic E-state index is -0.0300. The molecule has 1 heterocycles. The third-order valence-electron chi connectivity index (χ3n) is 3.41. The molecule has 2 aromatic carbocycles. The van der Waals surface area contributed by atoms with E-state index in [9.17, 15) is 4.79 Å². The van der Waals surface area contributed by atoms with Crippen LogP contribution in [0.15, 0.2) is 89.4 Å². The lowest BCUT2D eigenvalue weighted by molar-refractivity contribution is -0.113. The Hall–Kier alpha value is -2.99. The van der Waals surface area contributed by atoms with Crippen LogP contribution in [0.3, 0.4) is 0 Å². The van der Waals surface area contributed by atoms with Crippen molar-refractivity contribution in [1.82, 2.24) is 4.98 Å². The molecule has 5 nitrogen and oxygen atoms in total. The van der Waals surface area contributed by atoms with E-state index in [0.29, 0.717) is 5.75 Å². The van der Waals surface area contributed by atoms with Crippen LogP contribution in [-0.2, 0) is 10.5 Å². The summed E-state index contributed by atoms with van der Waals surface area (Å²) in [6, 6.07) is 20.7. The first-order valence-electron chi connectivity index (χ1n) is 8.13. The lowest BCUT2D eigenvalue weighted by Gasteiger charge is -2.05. The van der Waals surface area contributed by atoms with Gasteiger partial charge in [-0.25, -0.2) is 0 Å². The standard InChI is InChI=1S/C20H18N4OS/c25-20(15-26-14-16-5-4-12-21-13-16)22-17-8-10-19(11-9-17)24-23-18-6-2-1-3-7-18/h1-13H,14-15H2,(H,22,25). The van der Waals surface area contributed by atoms with Gasteiger partial charge in [-0.15, -0.1) is 11.8 Å². The van der Waals surface area contributed by atoms with Gasteiger partial charge in [-0.2, -0.15) is 10.2 Å². The van der Waals surface area contributed by atoms with Gasteiger partial charge in [0.2, 0.25) is 5.91 Å². The third-order valence-corrected chi connectivity index (χ3v) is 4.42. The number of pyridine rings is 1. The SMILES string of the molecule is O=C(CSCc1cccnc1)Nc1ccc(N=Nc2ccccc2)cc1. The van der Waals surface area contributed by atoms with Gasteiger partial charge < -0.3 is 5.32 Å². The molecule has 1 N–H and O–H groups in total. The van der Waals surface area contributed by atoms with Gasteiger partial charge >= 0.3 is 0 Å². The van der Waals surface area contributed by atoms with Crippen molar-refractivity contribution >= 4 is 34.7 Å². The summed E-state index contributed by atoms with van der Waals surface area (Å²) in [6.07, 6.45) is 3.55. The molecule has 0 saturated carbocycles. The molecule has 3 rings (SSSR count). The van der Waals surface area contributed by atoms with Gasteiger partial charge in [-0.05, 0) is 48.0 Å². The van der Waals surface area contributed by atoms with Crippen LogP contribution in [0.2, 0.25) is 0 Å². The Bertz CT molecular complexity index is 852. The topological polar surface area (TPSA) is 66.7 Å². The fourth-order valence-corrected chi connectivity index (χ4v) is 2.93. The Balaban J connectivity index is 1.46. The van der Waals surface area contributed by atoms with E-state index < -0.39 is 0 Å². The molecule has 1 amide bonds. The van der Waals surface area contributed by atoms with Gasteiger partial charge in [0.05, 0.1) is 17.1 Å². The lowest BCUT2D eigenvalue weighted by atomic mass is 10.3. The Morgan fingerprint density at radius 3 is 2.35 bits per heavy atom. The number of thioether (sulfide) groups is 1. The van der Waals surface area contributed by atoms with Crippen LogP contribution in [0.25, 0.3) is 0 Å². The van der Waals surface area contributed by atoms with Gasteiger partial charge in [0.15, 0.2) is 0 Å². The minimum Gasteiger partial charge on any atom is -0.325 e. The highest BCUT2D eigenvalue weighted by Gasteiger charge is 2.03. The minimum absolute atomic E-state index is 0.0300. The van der Waals surface area contributed by atoms with E-state index in [-0.39, 0.29) is 5.91 Å². The van der Waals surface area contributed by atoms with E-state index in [1.54, 1.807) is 18.0 Å². The third kappa shape index (κ3) is 5.82. The molecule has 26 heavy (non-hydrogen) atoms. The number of amides is 1. The summed E-state index contributed by atoms with van der Waals surface area (Å²) in [5, 5.41) is 11.2. The van der Waals surface area contributed by atoms with Crippen molar-refractivity contribution in [3.63, 3.8) is 0 Å². The zero-order chi connectivity index (χ0) is 18.0. The molecule has 0 aliphatic rings. The normalized spacial score (nSPS) is 10.8. The molecular formula is C20H18N4OS. The van der Waals surface area contributed by atoms with Gasteiger partial charge in [0, 0.05) is 23.8 Å². The molecule has 0 bridgehead atoms. The number of benzene rings is 2. The van der Waals surface area contributed by atoms with Crippen LogP contribution >= 0.6 is 11.8 Å². The van der Waals surface area contributed by atoms with Gasteiger partial charge in [0.1, 0.15) is 0 Å². The largest absolute Gasteiger partial charge is 0.325 e. The average Bonchev–Trinajstić information content (AvgIpc) is 2.69. The Morgan fingerprint density at radius 2 is 1.65 bits per heavy atom. The molecule has 130 valence electrons. The Morgan fingerprint density at radius 1 is 0.923 bits per heavy atom. The van der Waals surface area contributed by atoms with Gasteiger partial charge in [-0.1, -0.05) is 24.3 Å². The quantitative estimate of drug-likeness (QED) is 0.575. The number of aromatic nitrogens is 1. The van der Waals surface area contributed by atoms with Crippen LogP contribution in [0.1, 0.15) is 5.56 Å². The number of nitrogens with zero attached hydrogens (tertiary/aromatic N) is 3. The van der Waals surface area contributed by atoms with Gasteiger partial charge in [0.25, 0.3) is 0 Å². The smallest absolute Gasteiger partial charge is 0.234 e. The molecule has 0 fully saturated rings. The van der Waals surface area contributed by atoms with Crippen molar-refractivity contribution in [2.24, 2.45) is 10.2 Å². The van der Waals surface area contributed by atoms with E-state index in [2.05, 4.69) is 20.5 Å². The van der Waals surface area contributed by atoms with Crippen molar-refractivity contribution in [2.45, 2.75) is 5.75 Å². The number of nitrogens with one attached hydrogen (secondary N) is 1. The lowest BCUT2D eigenvalue weighted by Crippen LogP contribution is -2.14. The number of rotatable bonds is 7. The Kier molecular flexibility index (Phi) is 6.50. The van der Waals surface area contributed by atoms with E-state index in [0.717, 1.165) is 28.4 Å². The second kappa shape index (κ2) is 9.48. The van der Waals surface area contributed by atoms with E-state index in [1.807, 2.05) is 72.9 Å². The highest BCUT2D eigenvalue weighted by molar-refractivity contribution is 7.99. The second-order valence-electron chi connectivity index (χ2n) is 5.48. The summed E-state index contributed by atoms with van der Waals surface area (Å²) in [4.78, 5) is 16.1. The van der Waals surface area contributed by atoms with Crippen molar-refractivity contribution in [3.05, 3.63) is 84.7 Å². The number of carbonyl (C=O) groups excluding carboxylic acids is 1. The molecule has 0 aliphatic heterocycles. The summed E-state index contributed by atoms with van der Waals surface area (Å²) < 4.78 is 0. The van der Waals surface area contributed by atoms with Crippen LogP contribution in [0.5, 0.6) is 0 Å². The van der Waals surface area contributed by atoms with Gasteiger partial charge in [-0.3, -0.25) is 9.78 Å². The molecule has 0 atom stereocenters. The predicted octanol–water partition coefficient (Wildman–Crippen LogP) is 5.37. The maximum atomic E-state index is 12.0. The number of anilines is 1. The summed E-state index contributed by atoms with van der Waals surface area (Å²) in [5.41, 5.74) is 3.39. The molecule has 0 aliphatic carbocycles. The maximum Gasteiger partial charge on any atom is 0.234 e. The first-order chi connectivity index (χ1) is 12.8.